The van der Waals surface area contributed by atoms with Crippen molar-refractivity contribution in [2.45, 2.75) is 13.0 Å². The van der Waals surface area contributed by atoms with E-state index >= 15 is 0 Å². The molecule has 2 unspecified atom stereocenters. The highest BCUT2D eigenvalue weighted by Crippen LogP contribution is 2.06. The summed E-state index contributed by atoms with van der Waals surface area (Å²) in [4.78, 5) is 23.4. The molecule has 0 fully saturated rings. The fraction of sp³-hybridized carbons (Fsp3) is 0.538. The number of carbonyl (C=O) groups excluding carboxylic acids is 1. The van der Waals surface area contributed by atoms with Gasteiger partial charge in [-0.1, -0.05) is 18.7 Å². The number of rotatable bonds is 9. The molecule has 0 aliphatic heterocycles. The molecule has 0 radical (unpaired) electrons. The molecule has 20 heavy (non-hydrogen) atoms. The first-order chi connectivity index (χ1) is 9.42. The molecule has 114 valence electrons. The van der Waals surface area contributed by atoms with Crippen LogP contribution in [0, 0.1) is 5.92 Å². The van der Waals surface area contributed by atoms with Crippen molar-refractivity contribution >= 4 is 12.2 Å². The lowest BCUT2D eigenvalue weighted by Crippen LogP contribution is -2.43. The van der Waals surface area contributed by atoms with E-state index in [2.05, 4.69) is 18.5 Å². The molecule has 2 amide bonds. The van der Waals surface area contributed by atoms with E-state index < -0.39 is 24.2 Å². The Bertz CT molecular complexity index is 344. The maximum absolute atomic E-state index is 11.3. The summed E-state index contributed by atoms with van der Waals surface area (Å²) in [5, 5.41) is 21.1. The van der Waals surface area contributed by atoms with Crippen LogP contribution in [0.1, 0.15) is 6.92 Å². The van der Waals surface area contributed by atoms with E-state index in [1.54, 1.807) is 0 Å². The van der Waals surface area contributed by atoms with Crippen LogP contribution in [0.5, 0.6) is 0 Å². The average molecular weight is 286 g/mol. The van der Waals surface area contributed by atoms with Crippen LogP contribution < -0.4 is 5.32 Å². The van der Waals surface area contributed by atoms with Crippen molar-refractivity contribution in [2.75, 3.05) is 26.2 Å². The van der Waals surface area contributed by atoms with Gasteiger partial charge in [-0.15, -0.1) is 6.58 Å². The molecular formula is C13H22N2O5. The van der Waals surface area contributed by atoms with Crippen molar-refractivity contribution in [1.82, 2.24) is 10.2 Å². The van der Waals surface area contributed by atoms with E-state index in [0.29, 0.717) is 0 Å². The minimum Gasteiger partial charge on any atom is -0.465 e. The Morgan fingerprint density at radius 3 is 2.50 bits per heavy atom. The predicted molar refractivity (Wildman–Crippen MR) is 74.5 cm³/mol. The van der Waals surface area contributed by atoms with Gasteiger partial charge in [-0.25, -0.2) is 9.59 Å². The van der Waals surface area contributed by atoms with Crippen molar-refractivity contribution in [1.29, 1.82) is 0 Å². The summed E-state index contributed by atoms with van der Waals surface area (Å²) >= 11 is 0. The van der Waals surface area contributed by atoms with Gasteiger partial charge in [-0.3, -0.25) is 0 Å². The Balaban J connectivity index is 4.41. The number of amides is 2. The van der Waals surface area contributed by atoms with Crippen molar-refractivity contribution in [2.24, 2.45) is 5.92 Å². The lowest BCUT2D eigenvalue weighted by molar-refractivity contribution is 0.0877. The lowest BCUT2D eigenvalue weighted by Gasteiger charge is -2.26. The summed E-state index contributed by atoms with van der Waals surface area (Å²) in [7, 11) is 0. The molecule has 0 heterocycles. The van der Waals surface area contributed by atoms with E-state index in [4.69, 9.17) is 9.84 Å². The first kappa shape index (κ1) is 18.0. The van der Waals surface area contributed by atoms with Crippen LogP contribution >= 0.6 is 0 Å². The van der Waals surface area contributed by atoms with Crippen LogP contribution in [-0.2, 0) is 4.74 Å². The largest absolute Gasteiger partial charge is 0.465 e. The third kappa shape index (κ3) is 7.42. The highest BCUT2D eigenvalue weighted by molar-refractivity contribution is 5.67. The number of carboxylic acid groups (broad SMARTS) is 1. The summed E-state index contributed by atoms with van der Waals surface area (Å²) in [6.45, 7) is 8.85. The monoisotopic (exact) mass is 286 g/mol. The van der Waals surface area contributed by atoms with Gasteiger partial charge >= 0.3 is 12.2 Å². The first-order valence-corrected chi connectivity index (χ1v) is 6.20. The molecule has 0 aromatic rings. The Morgan fingerprint density at radius 2 is 2.05 bits per heavy atom. The number of hydrogen-bond donors (Lipinski definition) is 3. The second-order valence-electron chi connectivity index (χ2n) is 4.24. The average Bonchev–Trinajstić information content (AvgIpc) is 2.39. The van der Waals surface area contributed by atoms with Gasteiger partial charge in [-0.2, -0.15) is 0 Å². The molecule has 0 aromatic heterocycles. The van der Waals surface area contributed by atoms with Gasteiger partial charge in [0.25, 0.3) is 0 Å². The summed E-state index contributed by atoms with van der Waals surface area (Å²) in [6.07, 6.45) is 0.369. The minimum atomic E-state index is -1.11. The molecule has 0 bridgehead atoms. The highest BCUT2D eigenvalue weighted by Gasteiger charge is 2.22. The Morgan fingerprint density at radius 1 is 1.40 bits per heavy atom. The summed E-state index contributed by atoms with van der Waals surface area (Å²) in [5.74, 6) is -0.442. The van der Waals surface area contributed by atoms with Crippen LogP contribution in [0.15, 0.2) is 25.3 Å². The van der Waals surface area contributed by atoms with Crippen LogP contribution in [0.25, 0.3) is 0 Å². The molecule has 0 saturated heterocycles. The zero-order chi connectivity index (χ0) is 15.5. The quantitative estimate of drug-likeness (QED) is 0.550. The summed E-state index contributed by atoms with van der Waals surface area (Å²) in [5.41, 5.74) is 0. The number of ether oxygens (including phenoxy) is 1. The maximum Gasteiger partial charge on any atom is 0.407 e. The summed E-state index contributed by atoms with van der Waals surface area (Å²) < 4.78 is 4.73. The van der Waals surface area contributed by atoms with Crippen molar-refractivity contribution in [3.63, 3.8) is 0 Å². The van der Waals surface area contributed by atoms with Gasteiger partial charge in [0.2, 0.25) is 0 Å². The van der Waals surface area contributed by atoms with Crippen molar-refractivity contribution in [3.05, 3.63) is 25.3 Å². The number of carbonyl (C=O) groups is 2. The van der Waals surface area contributed by atoms with E-state index in [9.17, 15) is 14.7 Å². The topological polar surface area (TPSA) is 99.1 Å². The van der Waals surface area contributed by atoms with E-state index in [-0.39, 0.29) is 26.2 Å². The molecular weight excluding hydrogens is 264 g/mol. The molecule has 0 aliphatic rings. The van der Waals surface area contributed by atoms with Gasteiger partial charge in [0.1, 0.15) is 6.61 Å². The molecule has 3 N–H and O–H groups in total. The van der Waals surface area contributed by atoms with Crippen molar-refractivity contribution in [3.8, 4) is 0 Å². The molecule has 2 atom stereocenters. The number of nitrogens with one attached hydrogen (secondary N) is 1. The van der Waals surface area contributed by atoms with Crippen molar-refractivity contribution < 1.29 is 24.5 Å². The number of alkyl carbamates (subject to hydrolysis) is 1. The van der Waals surface area contributed by atoms with E-state index in [1.807, 2.05) is 0 Å². The Hall–Kier alpha value is -2.02. The number of nitrogens with zero attached hydrogens (tertiary/aromatic N) is 1. The SMILES string of the molecule is C=CCOC(=O)NCC(CN(CC=C)C(=O)O)C(C)O. The fourth-order valence-corrected chi connectivity index (χ4v) is 1.46. The zero-order valence-electron chi connectivity index (χ0n) is 11.6. The van der Waals surface area contributed by atoms with Gasteiger partial charge in [0.05, 0.1) is 6.10 Å². The second kappa shape index (κ2) is 9.85. The minimum absolute atomic E-state index is 0.0841. The van der Waals surface area contributed by atoms with Gasteiger partial charge in [0, 0.05) is 25.6 Å². The predicted octanol–water partition coefficient (Wildman–Crippen LogP) is 1.06. The van der Waals surface area contributed by atoms with E-state index in [1.165, 1.54) is 19.1 Å². The van der Waals surface area contributed by atoms with Crippen LogP contribution in [0.4, 0.5) is 9.59 Å². The number of hydrogen-bond acceptors (Lipinski definition) is 4. The molecule has 7 nitrogen and oxygen atoms in total. The summed E-state index contributed by atoms with van der Waals surface area (Å²) in [6, 6.07) is 0. The third-order valence-corrected chi connectivity index (χ3v) is 2.60. The van der Waals surface area contributed by atoms with Crippen LogP contribution in [0.3, 0.4) is 0 Å². The molecule has 0 aliphatic carbocycles. The smallest absolute Gasteiger partial charge is 0.407 e. The lowest BCUT2D eigenvalue weighted by atomic mass is 10.0. The molecule has 0 saturated carbocycles. The molecule has 0 rings (SSSR count). The normalized spacial score (nSPS) is 12.9. The molecule has 0 spiro atoms. The maximum atomic E-state index is 11.3. The number of aliphatic hydroxyl groups is 1. The Labute approximate surface area is 118 Å². The van der Waals surface area contributed by atoms with E-state index in [0.717, 1.165) is 4.90 Å². The molecule has 7 heteroatoms. The fourth-order valence-electron chi connectivity index (χ4n) is 1.46. The molecule has 0 aromatic carbocycles. The zero-order valence-corrected chi connectivity index (χ0v) is 11.6. The standard InChI is InChI=1S/C13H22N2O5/c1-4-6-15(13(18)19)9-11(10(3)16)8-14-12(17)20-7-5-2/h4-5,10-11,16H,1-2,6-9H2,3H3,(H,14,17)(H,18,19). The van der Waals surface area contributed by atoms with Crippen LogP contribution in [-0.4, -0.2) is 59.6 Å². The third-order valence-electron chi connectivity index (χ3n) is 2.60. The second-order valence-corrected chi connectivity index (χ2v) is 4.24. The Kier molecular flexibility index (Phi) is 8.86. The highest BCUT2D eigenvalue weighted by atomic mass is 16.5. The van der Waals surface area contributed by atoms with Gasteiger partial charge in [-0.05, 0) is 6.92 Å². The number of aliphatic hydroxyl groups excluding tert-OH is 1. The van der Waals surface area contributed by atoms with Crippen LogP contribution in [0.2, 0.25) is 0 Å². The van der Waals surface area contributed by atoms with Gasteiger partial charge < -0.3 is 25.2 Å². The first-order valence-electron chi connectivity index (χ1n) is 6.20. The van der Waals surface area contributed by atoms with Gasteiger partial charge in [0.15, 0.2) is 0 Å².